The molecule has 0 aromatic carbocycles. The highest BCUT2D eigenvalue weighted by atomic mass is 79.9. The van der Waals surface area contributed by atoms with Crippen LogP contribution in [0.15, 0.2) is 24.3 Å². The first-order chi connectivity index (χ1) is 12.6. The summed E-state index contributed by atoms with van der Waals surface area (Å²) < 4.78 is 25.5. The highest BCUT2D eigenvalue weighted by Gasteiger charge is 2.36. The summed E-state index contributed by atoms with van der Waals surface area (Å²) in [5.74, 6) is -0.713. The van der Waals surface area contributed by atoms with Gasteiger partial charge in [0.15, 0.2) is 0 Å². The minimum Gasteiger partial charge on any atom is -0.462 e. The molecule has 0 heterocycles. The zero-order valence-electron chi connectivity index (χ0n) is 16.6. The van der Waals surface area contributed by atoms with Crippen LogP contribution in [0.4, 0.5) is 0 Å². The first-order valence-corrected chi connectivity index (χ1v) is 12.1. The van der Waals surface area contributed by atoms with Gasteiger partial charge < -0.3 is 22.8 Å². The predicted molar refractivity (Wildman–Crippen MR) is 114 cm³/mol. The molecule has 7 nitrogen and oxygen atoms in total. The van der Waals surface area contributed by atoms with E-state index in [4.69, 9.17) is 22.8 Å². The predicted octanol–water partition coefficient (Wildman–Crippen LogP) is 3.64. The molecule has 158 valence electrons. The lowest BCUT2D eigenvalue weighted by Gasteiger charge is -2.24. The number of esters is 2. The van der Waals surface area contributed by atoms with E-state index in [-0.39, 0.29) is 16.8 Å². The van der Waals surface area contributed by atoms with Crippen LogP contribution in [0.3, 0.4) is 0 Å². The van der Waals surface area contributed by atoms with Crippen LogP contribution in [0.25, 0.3) is 0 Å². The van der Waals surface area contributed by atoms with Crippen LogP contribution in [-0.4, -0.2) is 65.4 Å². The molecule has 0 aliphatic carbocycles. The van der Waals surface area contributed by atoms with Crippen molar-refractivity contribution >= 4 is 52.6 Å². The van der Waals surface area contributed by atoms with Gasteiger partial charge in [-0.05, 0) is 20.3 Å². The molecule has 0 N–H and O–H groups in total. The van der Waals surface area contributed by atoms with Gasteiger partial charge in [-0.25, -0.2) is 9.59 Å². The van der Waals surface area contributed by atoms with E-state index < -0.39 is 8.80 Å². The Balaban J connectivity index is 0. The number of carbonyl (C=O) groups excluding carboxylic acids is 2. The van der Waals surface area contributed by atoms with E-state index in [1.54, 1.807) is 35.2 Å². The summed E-state index contributed by atoms with van der Waals surface area (Å²) in [7, 11) is 2.13. The highest BCUT2D eigenvalue weighted by molar-refractivity contribution is 9.12. The monoisotopic (exact) mass is 532 g/mol. The Bertz CT molecular complexity index is 474. The van der Waals surface area contributed by atoms with Gasteiger partial charge in [-0.2, -0.15) is 0 Å². The molecule has 0 spiro atoms. The van der Waals surface area contributed by atoms with Crippen molar-refractivity contribution in [2.75, 3.05) is 39.9 Å². The number of alkyl halides is 2. The summed E-state index contributed by atoms with van der Waals surface area (Å²) in [6.45, 7) is 10.9. The summed E-state index contributed by atoms with van der Waals surface area (Å²) in [6.07, 6.45) is 0.640. The number of halogens is 2. The van der Waals surface area contributed by atoms with Gasteiger partial charge in [0, 0.05) is 43.8 Å². The molecular weight excluding hydrogens is 504 g/mol. The first-order valence-electron chi connectivity index (χ1n) is 8.09. The van der Waals surface area contributed by atoms with Crippen LogP contribution >= 0.6 is 31.9 Å². The Morgan fingerprint density at radius 1 is 0.963 bits per heavy atom. The van der Waals surface area contributed by atoms with E-state index in [0.29, 0.717) is 36.8 Å². The van der Waals surface area contributed by atoms with Gasteiger partial charge >= 0.3 is 20.7 Å². The minimum atomic E-state index is -2.53. The fourth-order valence-electron chi connectivity index (χ4n) is 1.47. The van der Waals surface area contributed by atoms with E-state index in [9.17, 15) is 9.59 Å². The van der Waals surface area contributed by atoms with Gasteiger partial charge in [0.2, 0.25) is 0 Å². The van der Waals surface area contributed by atoms with Gasteiger partial charge in [-0.3, -0.25) is 0 Å². The fraction of sp³-hybridized carbons (Fsp3) is 0.647. The average molecular weight is 534 g/mol. The van der Waals surface area contributed by atoms with Crippen molar-refractivity contribution in [3.05, 3.63) is 24.3 Å². The van der Waals surface area contributed by atoms with E-state index in [0.717, 1.165) is 5.33 Å². The fourth-order valence-corrected chi connectivity index (χ4v) is 3.48. The van der Waals surface area contributed by atoms with Gasteiger partial charge in [0.05, 0.1) is 11.4 Å². The maximum atomic E-state index is 11.1. The zero-order valence-corrected chi connectivity index (χ0v) is 20.8. The summed E-state index contributed by atoms with van der Waals surface area (Å²) in [6, 6.07) is 0.611. The molecule has 10 heteroatoms. The van der Waals surface area contributed by atoms with Crippen LogP contribution in [0.5, 0.6) is 0 Å². The molecular formula is C17H30Br2O7Si. The Kier molecular flexibility index (Phi) is 17.5. The second kappa shape index (κ2) is 16.4. The largest absolute Gasteiger partial charge is 0.500 e. The van der Waals surface area contributed by atoms with Gasteiger partial charge in [0.1, 0.15) is 6.61 Å². The smallest absolute Gasteiger partial charge is 0.462 e. The van der Waals surface area contributed by atoms with Gasteiger partial charge in [0.25, 0.3) is 0 Å². The Hall–Kier alpha value is -0.523. The summed E-state index contributed by atoms with van der Waals surface area (Å²) in [5, 5.41) is 0.760. The standard InChI is InChI=1S/C10H20O5Si.C7H10Br2O2/c1-9(2)10(11)15-7-6-8-16(12-3,13-4)14-5;1-5(2)7(10)11-4-6(9)3-8/h1,6-8H2,2-5H3;6H,1,3-4H2,2H3. The SMILES string of the molecule is C=C(C)C(=O)OCC(Br)CBr.C=C(C)C(=O)OCCC[Si](OC)(OC)OC. The molecule has 1 atom stereocenters. The molecule has 0 aromatic heterocycles. The van der Waals surface area contributed by atoms with Crippen LogP contribution in [-0.2, 0) is 32.3 Å². The number of hydrogen-bond donors (Lipinski definition) is 0. The minimum absolute atomic E-state index is 0.172. The van der Waals surface area contributed by atoms with Crippen LogP contribution < -0.4 is 0 Å². The third-order valence-electron chi connectivity index (χ3n) is 3.05. The Labute approximate surface area is 180 Å². The van der Waals surface area contributed by atoms with Crippen molar-refractivity contribution in [1.82, 2.24) is 0 Å². The van der Waals surface area contributed by atoms with Crippen LogP contribution in [0, 0.1) is 0 Å². The zero-order chi connectivity index (χ0) is 21.5. The molecule has 0 aliphatic heterocycles. The van der Waals surface area contributed by atoms with E-state index >= 15 is 0 Å². The maximum absolute atomic E-state index is 11.1. The summed E-state index contributed by atoms with van der Waals surface area (Å²) in [4.78, 5) is 22.0. The van der Waals surface area contributed by atoms with Crippen molar-refractivity contribution in [2.24, 2.45) is 0 Å². The van der Waals surface area contributed by atoms with Crippen molar-refractivity contribution in [2.45, 2.75) is 31.1 Å². The maximum Gasteiger partial charge on any atom is 0.500 e. The lowest BCUT2D eigenvalue weighted by molar-refractivity contribution is -0.139. The Morgan fingerprint density at radius 2 is 1.41 bits per heavy atom. The molecule has 27 heavy (non-hydrogen) atoms. The second-order valence-corrected chi connectivity index (χ2v) is 10.5. The molecule has 1 unspecified atom stereocenters. The van der Waals surface area contributed by atoms with E-state index in [1.807, 2.05) is 0 Å². The summed E-state index contributed by atoms with van der Waals surface area (Å²) in [5.41, 5.74) is 0.827. The van der Waals surface area contributed by atoms with Gasteiger partial charge in [-0.1, -0.05) is 45.0 Å². The van der Waals surface area contributed by atoms with E-state index in [2.05, 4.69) is 45.0 Å². The molecule has 0 aliphatic rings. The lowest BCUT2D eigenvalue weighted by atomic mass is 10.4. The molecule has 0 saturated heterocycles. The lowest BCUT2D eigenvalue weighted by Crippen LogP contribution is -2.42. The number of carbonyl (C=O) groups is 2. The quantitative estimate of drug-likeness (QED) is 0.124. The van der Waals surface area contributed by atoms with Gasteiger partial charge in [-0.15, -0.1) is 0 Å². The van der Waals surface area contributed by atoms with Crippen molar-refractivity contribution in [1.29, 1.82) is 0 Å². The molecule has 0 rings (SSSR count). The van der Waals surface area contributed by atoms with Crippen LogP contribution in [0.2, 0.25) is 6.04 Å². The number of ether oxygens (including phenoxy) is 2. The van der Waals surface area contributed by atoms with Crippen molar-refractivity contribution in [3.8, 4) is 0 Å². The average Bonchev–Trinajstić information content (AvgIpc) is 2.66. The summed E-state index contributed by atoms with van der Waals surface area (Å²) >= 11 is 6.54. The molecule has 0 bridgehead atoms. The second-order valence-electron chi connectivity index (χ2n) is 5.45. The molecule has 0 radical (unpaired) electrons. The van der Waals surface area contributed by atoms with Crippen molar-refractivity contribution in [3.63, 3.8) is 0 Å². The third kappa shape index (κ3) is 14.2. The van der Waals surface area contributed by atoms with Crippen molar-refractivity contribution < 1.29 is 32.3 Å². The van der Waals surface area contributed by atoms with Crippen LogP contribution in [0.1, 0.15) is 20.3 Å². The normalized spacial score (nSPS) is 11.7. The number of rotatable bonds is 12. The molecule has 0 saturated carbocycles. The molecule has 0 aromatic rings. The number of hydrogen-bond acceptors (Lipinski definition) is 7. The highest BCUT2D eigenvalue weighted by Crippen LogP contribution is 2.15. The molecule has 0 fully saturated rings. The molecule has 0 amide bonds. The third-order valence-corrected chi connectivity index (χ3v) is 8.12. The Morgan fingerprint density at radius 3 is 1.78 bits per heavy atom. The topological polar surface area (TPSA) is 80.3 Å². The van der Waals surface area contributed by atoms with E-state index in [1.165, 1.54) is 0 Å². The first kappa shape index (κ1) is 28.7.